The third-order valence-corrected chi connectivity index (χ3v) is 17.7. The van der Waals surface area contributed by atoms with Crippen molar-refractivity contribution in [3.8, 4) is 5.75 Å². The van der Waals surface area contributed by atoms with E-state index in [1.165, 1.54) is 11.8 Å². The number of urea groups is 2. The molecule has 7 amide bonds. The average Bonchev–Trinajstić information content (AvgIpc) is 3.78. The van der Waals surface area contributed by atoms with Gasteiger partial charge in [-0.1, -0.05) is 6.92 Å². The van der Waals surface area contributed by atoms with Crippen LogP contribution in [-0.2, 0) is 19.1 Å². The number of piperazine rings is 2. The number of hydrogen-bond acceptors (Lipinski definition) is 13. The molecule has 69 heavy (non-hydrogen) atoms. The lowest BCUT2D eigenvalue weighted by Gasteiger charge is -2.39. The lowest BCUT2D eigenvalue weighted by molar-refractivity contribution is -0.134. The van der Waals surface area contributed by atoms with Crippen molar-refractivity contribution in [3.05, 3.63) is 24.3 Å². The summed E-state index contributed by atoms with van der Waals surface area (Å²) in [5.41, 5.74) is 0.407. The summed E-state index contributed by atoms with van der Waals surface area (Å²) >= 11 is 2.99. The van der Waals surface area contributed by atoms with E-state index in [4.69, 9.17) is 9.47 Å². The number of benzene rings is 1. The molecule has 5 aliphatic heterocycles. The first-order valence-corrected chi connectivity index (χ1v) is 27.3. The molecule has 18 nitrogen and oxygen atoms in total. The first kappa shape index (κ1) is 53.2. The van der Waals surface area contributed by atoms with Gasteiger partial charge in [-0.25, -0.2) is 14.0 Å². The molecule has 1 aliphatic carbocycles. The number of carbonyl (C=O) groups excluding carboxylic acids is 5. The van der Waals surface area contributed by atoms with Gasteiger partial charge in [0.2, 0.25) is 17.7 Å². The molecular formula is C48H78FN11O7S2. The third kappa shape index (κ3) is 16.2. The molecule has 0 aromatic heterocycles. The summed E-state index contributed by atoms with van der Waals surface area (Å²) in [4.78, 5) is 76.1. The van der Waals surface area contributed by atoms with E-state index in [0.29, 0.717) is 63.5 Å². The molecule has 1 saturated carbocycles. The van der Waals surface area contributed by atoms with Gasteiger partial charge >= 0.3 is 12.1 Å². The van der Waals surface area contributed by atoms with Crippen LogP contribution >= 0.6 is 23.5 Å². The lowest BCUT2D eigenvalue weighted by atomic mass is 9.81. The standard InChI is InChI=1S/C48H78FN11O7S2/c1-32-29-50-46(64)54-45(32)69-41(44(63)51-33(2)39-10-9-38(66-4)28-40(39)49)11-12-42(61)59-15-13-34(14-16-59)30-58-21-19-57(20-22-58)25-26-67-37-7-5-35(6-8-37)52-47(65)55-48-53-36(31-68-48)27-43(62)60-23-17-56(3)18-24-60/h5-8,32-34,36,38-41,45,48,53H,9-31H2,1-4H3,(H,51,63)(H2,50,54,64)(H2,52,55,65)/t32?,33-,36?,38?,39-,40?,41+,45?,48?/m1/s1. The summed E-state index contributed by atoms with van der Waals surface area (Å²) in [6, 6.07) is 6.48. The first-order valence-electron chi connectivity index (χ1n) is 25.3. The highest BCUT2D eigenvalue weighted by atomic mass is 32.2. The minimum atomic E-state index is -1.06. The Morgan fingerprint density at radius 1 is 0.928 bits per heavy atom. The number of amides is 7. The predicted molar refractivity (Wildman–Crippen MR) is 269 cm³/mol. The summed E-state index contributed by atoms with van der Waals surface area (Å²) in [5.74, 6) is 1.81. The highest BCUT2D eigenvalue weighted by Crippen LogP contribution is 2.33. The Labute approximate surface area is 416 Å². The maximum absolute atomic E-state index is 15.1. The van der Waals surface area contributed by atoms with Gasteiger partial charge in [0.25, 0.3) is 0 Å². The molecule has 6 aliphatic rings. The zero-order valence-electron chi connectivity index (χ0n) is 41.1. The van der Waals surface area contributed by atoms with E-state index in [2.05, 4.69) is 53.6 Å². The third-order valence-electron chi connectivity index (χ3n) is 14.8. The van der Waals surface area contributed by atoms with Gasteiger partial charge in [0.05, 0.1) is 16.7 Å². The second-order valence-electron chi connectivity index (χ2n) is 20.0. The lowest BCUT2D eigenvalue weighted by Crippen LogP contribution is -2.54. The Morgan fingerprint density at radius 2 is 1.64 bits per heavy atom. The zero-order valence-corrected chi connectivity index (χ0v) is 42.8. The summed E-state index contributed by atoms with van der Waals surface area (Å²) in [5, 5.41) is 17.2. The number of likely N-dealkylation sites (N-methyl/N-ethyl adjacent to an activating group) is 1. The van der Waals surface area contributed by atoms with E-state index < -0.39 is 11.4 Å². The van der Waals surface area contributed by atoms with Crippen molar-refractivity contribution in [2.75, 3.05) is 117 Å². The van der Waals surface area contributed by atoms with Crippen LogP contribution in [0.2, 0.25) is 0 Å². The topological polar surface area (TPSA) is 192 Å². The molecule has 9 atom stereocenters. The van der Waals surface area contributed by atoms with Crippen LogP contribution in [0.15, 0.2) is 24.3 Å². The maximum Gasteiger partial charge on any atom is 0.321 e. The molecule has 0 spiro atoms. The minimum Gasteiger partial charge on any atom is -0.492 e. The molecule has 0 radical (unpaired) electrons. The number of anilines is 1. The largest absolute Gasteiger partial charge is 0.492 e. The maximum atomic E-state index is 15.1. The van der Waals surface area contributed by atoms with E-state index in [9.17, 15) is 24.0 Å². The van der Waals surface area contributed by atoms with E-state index in [0.717, 1.165) is 96.2 Å². The van der Waals surface area contributed by atoms with Crippen molar-refractivity contribution in [2.24, 2.45) is 17.8 Å². The molecule has 5 saturated heterocycles. The fourth-order valence-electron chi connectivity index (χ4n) is 10.3. The number of methoxy groups -OCH3 is 1. The number of thioether (sulfide) groups is 2. The smallest absolute Gasteiger partial charge is 0.321 e. The number of halogens is 1. The van der Waals surface area contributed by atoms with Crippen molar-refractivity contribution in [2.45, 2.75) is 106 Å². The van der Waals surface area contributed by atoms with Crippen molar-refractivity contribution in [3.63, 3.8) is 0 Å². The molecular weight excluding hydrogens is 926 g/mol. The number of rotatable bonds is 19. The quantitative estimate of drug-likeness (QED) is 0.119. The molecule has 386 valence electrons. The first-order chi connectivity index (χ1) is 33.3. The van der Waals surface area contributed by atoms with E-state index in [-0.39, 0.29) is 77.1 Å². The van der Waals surface area contributed by atoms with Crippen LogP contribution in [0.1, 0.15) is 65.2 Å². The predicted octanol–water partition coefficient (Wildman–Crippen LogP) is 3.01. The van der Waals surface area contributed by atoms with Crippen molar-refractivity contribution in [1.82, 2.24) is 51.1 Å². The highest BCUT2D eigenvalue weighted by Gasteiger charge is 2.38. The van der Waals surface area contributed by atoms with Crippen LogP contribution in [-0.4, -0.2) is 206 Å². The fourth-order valence-corrected chi connectivity index (χ4v) is 12.7. The van der Waals surface area contributed by atoms with Gasteiger partial charge in [0.15, 0.2) is 0 Å². The number of nitrogens with zero attached hydrogens (tertiary/aromatic N) is 5. The van der Waals surface area contributed by atoms with Crippen molar-refractivity contribution < 1.29 is 37.8 Å². The van der Waals surface area contributed by atoms with E-state index >= 15 is 4.39 Å². The van der Waals surface area contributed by atoms with Gasteiger partial charge < -0.3 is 55.7 Å². The number of likely N-dealkylation sites (tertiary alicyclic amines) is 1. The summed E-state index contributed by atoms with van der Waals surface area (Å²) in [7, 11) is 3.68. The van der Waals surface area contributed by atoms with E-state index in [1.807, 2.05) is 47.9 Å². The van der Waals surface area contributed by atoms with Crippen molar-refractivity contribution >= 4 is 59.0 Å². The minimum absolute atomic E-state index is 0.0269. The van der Waals surface area contributed by atoms with Gasteiger partial charge in [0, 0.05) is 147 Å². The van der Waals surface area contributed by atoms with Crippen LogP contribution in [0, 0.1) is 17.8 Å². The van der Waals surface area contributed by atoms with Gasteiger partial charge in [-0.05, 0) is 76.3 Å². The molecule has 5 heterocycles. The summed E-state index contributed by atoms with van der Waals surface area (Å²) < 4.78 is 26.6. The van der Waals surface area contributed by atoms with E-state index in [1.54, 1.807) is 18.9 Å². The number of hydrogen-bond donors (Lipinski definition) is 6. The van der Waals surface area contributed by atoms with Gasteiger partial charge in [-0.2, -0.15) is 0 Å². The van der Waals surface area contributed by atoms with Crippen LogP contribution in [0.4, 0.5) is 19.7 Å². The summed E-state index contributed by atoms with van der Waals surface area (Å²) in [6.45, 7) is 15.4. The Bertz CT molecular complexity index is 1840. The number of carbonyl (C=O) groups is 5. The second kappa shape index (κ2) is 26.2. The number of piperidine rings is 1. The molecule has 7 rings (SSSR count). The van der Waals surface area contributed by atoms with Crippen LogP contribution in [0.5, 0.6) is 5.75 Å². The molecule has 6 unspecified atom stereocenters. The van der Waals surface area contributed by atoms with Gasteiger partial charge in [0.1, 0.15) is 24.0 Å². The highest BCUT2D eigenvalue weighted by molar-refractivity contribution is 8.01. The van der Waals surface area contributed by atoms with Crippen molar-refractivity contribution in [1.29, 1.82) is 0 Å². The molecule has 6 fully saturated rings. The number of alkyl halides is 1. The second-order valence-corrected chi connectivity index (χ2v) is 22.5. The Kier molecular flexibility index (Phi) is 20.2. The van der Waals surface area contributed by atoms with Gasteiger partial charge in [-0.15, -0.1) is 23.5 Å². The normalized spacial score (nSPS) is 28.5. The monoisotopic (exact) mass is 1000 g/mol. The van der Waals surface area contributed by atoms with Crippen LogP contribution < -0.4 is 36.6 Å². The Hall–Kier alpha value is -3.60. The van der Waals surface area contributed by atoms with Gasteiger partial charge in [-0.3, -0.25) is 24.6 Å². The molecule has 1 aromatic rings. The Morgan fingerprint density at radius 3 is 2.35 bits per heavy atom. The fraction of sp³-hybridized carbons (Fsp3) is 0.771. The zero-order chi connectivity index (χ0) is 48.9. The molecule has 0 bridgehead atoms. The summed E-state index contributed by atoms with van der Waals surface area (Å²) in [6.07, 6.45) is 3.44. The van der Waals surface area contributed by atoms with Crippen LogP contribution in [0.25, 0.3) is 0 Å². The SMILES string of the molecule is COC1CC[C@H]([C@@H](C)NC(=O)[C@H](CCC(=O)N2CCC(CN3CCN(CCOc4ccc(NC(=O)NC5NC(CC(=O)N6CCN(C)CC6)CS5)cc4)CC3)CC2)SC2NC(=O)NCC2C)C(F)C1. The Balaban J connectivity index is 0.750. The average molecular weight is 1000 g/mol. The molecule has 6 N–H and O–H groups in total. The van der Waals surface area contributed by atoms with Crippen LogP contribution in [0.3, 0.4) is 0 Å². The molecule has 1 aromatic carbocycles. The molecule has 21 heteroatoms. The number of ether oxygens (including phenoxy) is 2. The number of nitrogens with one attached hydrogen (secondary N) is 6.